The lowest BCUT2D eigenvalue weighted by atomic mass is 10.1. The summed E-state index contributed by atoms with van der Waals surface area (Å²) in [4.78, 5) is 4.61. The van der Waals surface area contributed by atoms with Crippen LogP contribution in [0.25, 0.3) is 11.3 Å². The van der Waals surface area contributed by atoms with Crippen LogP contribution in [-0.4, -0.2) is 23.7 Å². The fourth-order valence-electron chi connectivity index (χ4n) is 2.17. The zero-order chi connectivity index (χ0) is 14.0. The summed E-state index contributed by atoms with van der Waals surface area (Å²) >= 11 is 3.52. The van der Waals surface area contributed by atoms with Gasteiger partial charge in [0.2, 0.25) is 0 Å². The number of rotatable bonds is 4. The molecule has 19 heavy (non-hydrogen) atoms. The highest BCUT2D eigenvalue weighted by Gasteiger charge is 2.17. The number of nitrogens with one attached hydrogen (secondary N) is 1. The van der Waals surface area contributed by atoms with Crippen molar-refractivity contribution in [3.63, 3.8) is 0 Å². The van der Waals surface area contributed by atoms with Gasteiger partial charge < -0.3 is 14.6 Å². The second-order valence-corrected chi connectivity index (χ2v) is 5.30. The summed E-state index contributed by atoms with van der Waals surface area (Å²) < 4.78 is 8.59. The zero-order valence-electron chi connectivity index (χ0n) is 11.6. The average Bonchev–Trinajstić information content (AvgIpc) is 2.65. The molecule has 2 aromatic rings. The van der Waals surface area contributed by atoms with E-state index in [-0.39, 0.29) is 0 Å². The van der Waals surface area contributed by atoms with E-state index in [0.29, 0.717) is 0 Å². The van der Waals surface area contributed by atoms with Crippen molar-refractivity contribution in [3.05, 3.63) is 34.2 Å². The number of halogens is 1. The zero-order valence-corrected chi connectivity index (χ0v) is 13.2. The summed E-state index contributed by atoms with van der Waals surface area (Å²) in [5.41, 5.74) is 3.16. The third-order valence-electron chi connectivity index (χ3n) is 3.15. The molecule has 0 amide bonds. The van der Waals surface area contributed by atoms with E-state index in [1.54, 1.807) is 7.11 Å². The number of benzene rings is 1. The molecule has 0 saturated carbocycles. The molecule has 5 heteroatoms. The van der Waals surface area contributed by atoms with Gasteiger partial charge in [-0.25, -0.2) is 4.98 Å². The topological polar surface area (TPSA) is 39.1 Å². The highest BCUT2D eigenvalue weighted by atomic mass is 79.9. The average molecular weight is 324 g/mol. The Balaban J connectivity index is 2.66. The number of ether oxygens (including phenoxy) is 1. The molecular weight excluding hydrogens is 306 g/mol. The molecule has 1 aromatic heterocycles. The van der Waals surface area contributed by atoms with Gasteiger partial charge in [-0.05, 0) is 32.2 Å². The van der Waals surface area contributed by atoms with Gasteiger partial charge in [0.25, 0.3) is 0 Å². The molecule has 0 aliphatic carbocycles. The second-order valence-electron chi connectivity index (χ2n) is 4.39. The standard InChI is InChI=1S/C14H18BrN3O/c1-9-17-12(8-16-2)14(18(9)3)11-7-10(15)5-6-13(11)19-4/h5-7,16H,8H2,1-4H3. The SMILES string of the molecule is CNCc1nc(C)n(C)c1-c1cc(Br)ccc1OC. The maximum atomic E-state index is 5.47. The van der Waals surface area contributed by atoms with Crippen molar-refractivity contribution in [1.82, 2.24) is 14.9 Å². The van der Waals surface area contributed by atoms with Gasteiger partial charge in [-0.3, -0.25) is 0 Å². The number of hydrogen-bond acceptors (Lipinski definition) is 3. The van der Waals surface area contributed by atoms with Crippen LogP contribution in [-0.2, 0) is 13.6 Å². The Hall–Kier alpha value is -1.33. The smallest absolute Gasteiger partial charge is 0.128 e. The van der Waals surface area contributed by atoms with E-state index in [9.17, 15) is 0 Å². The molecule has 0 aliphatic heterocycles. The van der Waals surface area contributed by atoms with Crippen LogP contribution in [0.15, 0.2) is 22.7 Å². The quantitative estimate of drug-likeness (QED) is 0.940. The third-order valence-corrected chi connectivity index (χ3v) is 3.65. The number of nitrogens with zero attached hydrogens (tertiary/aromatic N) is 2. The molecule has 0 radical (unpaired) electrons. The predicted molar refractivity (Wildman–Crippen MR) is 80.4 cm³/mol. The van der Waals surface area contributed by atoms with Crippen molar-refractivity contribution in [2.75, 3.05) is 14.2 Å². The lowest BCUT2D eigenvalue weighted by Gasteiger charge is -2.12. The summed E-state index contributed by atoms with van der Waals surface area (Å²) in [5, 5.41) is 3.16. The Kier molecular flexibility index (Phi) is 4.27. The van der Waals surface area contributed by atoms with Gasteiger partial charge in [0.1, 0.15) is 11.6 Å². The molecule has 0 atom stereocenters. The number of methoxy groups -OCH3 is 1. The van der Waals surface area contributed by atoms with Gasteiger partial charge in [0.15, 0.2) is 0 Å². The van der Waals surface area contributed by atoms with Gasteiger partial charge in [0, 0.05) is 23.6 Å². The third kappa shape index (κ3) is 2.67. The molecular formula is C14H18BrN3O. The Morgan fingerprint density at radius 2 is 2.16 bits per heavy atom. The second kappa shape index (κ2) is 5.75. The van der Waals surface area contributed by atoms with Gasteiger partial charge in [0.05, 0.1) is 18.5 Å². The maximum Gasteiger partial charge on any atom is 0.128 e. The van der Waals surface area contributed by atoms with Crippen LogP contribution < -0.4 is 10.1 Å². The largest absolute Gasteiger partial charge is 0.496 e. The summed E-state index contributed by atoms with van der Waals surface area (Å²) in [7, 11) is 5.64. The molecule has 0 fully saturated rings. The van der Waals surface area contributed by atoms with Crippen molar-refractivity contribution < 1.29 is 4.74 Å². The summed E-state index contributed by atoms with van der Waals surface area (Å²) in [6, 6.07) is 6.00. The van der Waals surface area contributed by atoms with Gasteiger partial charge in [-0.1, -0.05) is 15.9 Å². The summed E-state index contributed by atoms with van der Waals surface area (Å²) in [6.45, 7) is 2.74. The Morgan fingerprint density at radius 1 is 1.42 bits per heavy atom. The molecule has 1 heterocycles. The normalized spacial score (nSPS) is 10.8. The van der Waals surface area contributed by atoms with E-state index in [2.05, 4.69) is 36.9 Å². The molecule has 4 nitrogen and oxygen atoms in total. The fraction of sp³-hybridized carbons (Fsp3) is 0.357. The fourth-order valence-corrected chi connectivity index (χ4v) is 2.53. The van der Waals surface area contributed by atoms with Crippen LogP contribution in [0.1, 0.15) is 11.5 Å². The van der Waals surface area contributed by atoms with Gasteiger partial charge >= 0.3 is 0 Å². The molecule has 0 unspecified atom stereocenters. The van der Waals surface area contributed by atoms with Crippen LogP contribution in [0.3, 0.4) is 0 Å². The minimum absolute atomic E-state index is 0.729. The molecule has 2 rings (SSSR count). The Bertz CT molecular complexity index is 593. The lowest BCUT2D eigenvalue weighted by molar-refractivity contribution is 0.416. The number of aromatic nitrogens is 2. The first-order valence-corrected chi connectivity index (χ1v) is 6.88. The van der Waals surface area contributed by atoms with Gasteiger partial charge in [-0.15, -0.1) is 0 Å². The Labute approximate surface area is 121 Å². The van der Waals surface area contributed by atoms with Crippen molar-refractivity contribution >= 4 is 15.9 Å². The summed E-state index contributed by atoms with van der Waals surface area (Å²) in [5.74, 6) is 1.84. The van der Waals surface area contributed by atoms with Crippen LogP contribution >= 0.6 is 15.9 Å². The van der Waals surface area contributed by atoms with E-state index >= 15 is 0 Å². The van der Waals surface area contributed by atoms with E-state index < -0.39 is 0 Å². The van der Waals surface area contributed by atoms with Crippen molar-refractivity contribution in [1.29, 1.82) is 0 Å². The first kappa shape index (κ1) is 14.1. The summed E-state index contributed by atoms with van der Waals surface area (Å²) in [6.07, 6.45) is 0. The van der Waals surface area contributed by atoms with Crippen molar-refractivity contribution in [2.24, 2.45) is 7.05 Å². The highest BCUT2D eigenvalue weighted by molar-refractivity contribution is 9.10. The van der Waals surface area contributed by atoms with Crippen LogP contribution in [0, 0.1) is 6.92 Å². The minimum Gasteiger partial charge on any atom is -0.496 e. The molecule has 1 aromatic carbocycles. The van der Waals surface area contributed by atoms with Crippen LogP contribution in [0.5, 0.6) is 5.75 Å². The molecule has 1 N–H and O–H groups in total. The first-order chi connectivity index (χ1) is 9.08. The monoisotopic (exact) mass is 323 g/mol. The van der Waals surface area contributed by atoms with Gasteiger partial charge in [-0.2, -0.15) is 0 Å². The maximum absolute atomic E-state index is 5.47. The van der Waals surface area contributed by atoms with E-state index in [1.807, 2.05) is 33.2 Å². The first-order valence-electron chi connectivity index (χ1n) is 6.09. The number of imidazole rings is 1. The van der Waals surface area contributed by atoms with Crippen molar-refractivity contribution in [3.8, 4) is 17.0 Å². The highest BCUT2D eigenvalue weighted by Crippen LogP contribution is 2.34. The number of aryl methyl sites for hydroxylation is 1. The van der Waals surface area contributed by atoms with E-state index in [0.717, 1.165) is 39.5 Å². The lowest BCUT2D eigenvalue weighted by Crippen LogP contribution is -2.07. The van der Waals surface area contributed by atoms with Crippen molar-refractivity contribution in [2.45, 2.75) is 13.5 Å². The minimum atomic E-state index is 0.729. The van der Waals surface area contributed by atoms with Crippen LogP contribution in [0.2, 0.25) is 0 Å². The van der Waals surface area contributed by atoms with E-state index in [1.165, 1.54) is 0 Å². The molecule has 102 valence electrons. The molecule has 0 saturated heterocycles. The Morgan fingerprint density at radius 3 is 2.79 bits per heavy atom. The molecule has 0 bridgehead atoms. The predicted octanol–water partition coefficient (Wildman–Crippen LogP) is 2.89. The molecule has 0 aliphatic rings. The molecule has 0 spiro atoms. The van der Waals surface area contributed by atoms with Crippen LogP contribution in [0.4, 0.5) is 0 Å². The van der Waals surface area contributed by atoms with E-state index in [4.69, 9.17) is 4.74 Å². The number of hydrogen-bond donors (Lipinski definition) is 1.